The van der Waals surface area contributed by atoms with Crippen molar-refractivity contribution in [1.82, 2.24) is 10.6 Å². The van der Waals surface area contributed by atoms with Gasteiger partial charge in [-0.2, -0.15) is 0 Å². The summed E-state index contributed by atoms with van der Waals surface area (Å²) in [5.74, 6) is -0.297. The molecule has 28 heavy (non-hydrogen) atoms. The van der Waals surface area contributed by atoms with Crippen molar-refractivity contribution in [3.05, 3.63) is 35.4 Å². The van der Waals surface area contributed by atoms with Crippen LogP contribution >= 0.6 is 0 Å². The fourth-order valence-electron chi connectivity index (χ4n) is 3.73. The molecule has 1 saturated heterocycles. The van der Waals surface area contributed by atoms with E-state index in [4.69, 9.17) is 13.9 Å². The number of urea groups is 1. The average molecular weight is 392 g/mol. The third-order valence-electron chi connectivity index (χ3n) is 5.13. The molecule has 3 N–H and O–H groups in total. The highest BCUT2D eigenvalue weighted by molar-refractivity contribution is 5.95. The van der Waals surface area contributed by atoms with E-state index in [-0.39, 0.29) is 18.5 Å². The highest BCUT2D eigenvalue weighted by atomic mass is 16.5. The zero-order chi connectivity index (χ0) is 20.1. The Morgan fingerprint density at radius 3 is 2.68 bits per heavy atom. The third kappa shape index (κ3) is 4.36. The summed E-state index contributed by atoms with van der Waals surface area (Å²) in [6.45, 7) is 3.90. The normalized spacial score (nSPS) is 24.9. The number of methoxy groups -OCH3 is 1. The summed E-state index contributed by atoms with van der Waals surface area (Å²) in [6.07, 6.45) is 2.91. The van der Waals surface area contributed by atoms with Gasteiger partial charge in [-0.3, -0.25) is 4.79 Å². The Labute approximate surface area is 163 Å². The van der Waals surface area contributed by atoms with E-state index in [9.17, 15) is 14.4 Å². The third-order valence-corrected chi connectivity index (χ3v) is 5.13. The molecule has 2 amide bonds. The van der Waals surface area contributed by atoms with Crippen LogP contribution in [0.25, 0.3) is 0 Å². The van der Waals surface area contributed by atoms with Crippen LogP contribution in [0.15, 0.2) is 34.1 Å². The van der Waals surface area contributed by atoms with Crippen LogP contribution in [0.2, 0.25) is 0 Å². The number of esters is 2. The van der Waals surface area contributed by atoms with Gasteiger partial charge in [0.2, 0.25) is 0 Å². The van der Waals surface area contributed by atoms with Crippen molar-refractivity contribution >= 4 is 18.0 Å². The molecular weight excluding hydrogens is 366 g/mol. The average Bonchev–Trinajstić information content (AvgIpc) is 3.22. The molecule has 2 aliphatic rings. The summed E-state index contributed by atoms with van der Waals surface area (Å²) in [5, 5.41) is 5.50. The topological polar surface area (TPSA) is 111 Å². The van der Waals surface area contributed by atoms with Crippen molar-refractivity contribution in [2.75, 3.05) is 33.4 Å². The van der Waals surface area contributed by atoms with Gasteiger partial charge in [0.25, 0.3) is 0 Å². The first-order valence-electron chi connectivity index (χ1n) is 9.46. The first-order valence-corrected chi connectivity index (χ1v) is 9.46. The maximum Gasteiger partial charge on any atom is 0.338 e. The standard InChI is InChI=1S/C19H25N3O6/c1-3-27-18(24)15-13(11-22-8-6-12(7-9-22)17(23)26-2)20-19(25)21-16(15)14-5-4-10-28-14/h4-5,10,12,16H,3,6-9,11H2,1-2H3,(H2,20,21,25)/p+1/t16-/m0/s1. The van der Waals surface area contributed by atoms with Crippen molar-refractivity contribution in [2.45, 2.75) is 25.8 Å². The summed E-state index contributed by atoms with van der Waals surface area (Å²) in [4.78, 5) is 37.8. The zero-order valence-corrected chi connectivity index (χ0v) is 16.1. The van der Waals surface area contributed by atoms with Crippen LogP contribution in [-0.2, 0) is 19.1 Å². The Kier molecular flexibility index (Phi) is 6.35. The van der Waals surface area contributed by atoms with Crippen molar-refractivity contribution in [2.24, 2.45) is 5.92 Å². The fraction of sp³-hybridized carbons (Fsp3) is 0.526. The van der Waals surface area contributed by atoms with Gasteiger partial charge in [0.05, 0.1) is 50.3 Å². The lowest BCUT2D eigenvalue weighted by Gasteiger charge is -2.32. The first-order chi connectivity index (χ1) is 13.5. The van der Waals surface area contributed by atoms with E-state index < -0.39 is 18.0 Å². The number of ether oxygens (including phenoxy) is 2. The predicted octanol–water partition coefficient (Wildman–Crippen LogP) is -0.0814. The molecule has 3 rings (SSSR count). The Morgan fingerprint density at radius 1 is 1.32 bits per heavy atom. The van der Waals surface area contributed by atoms with Crippen LogP contribution in [0, 0.1) is 5.92 Å². The number of furan rings is 1. The number of nitrogens with one attached hydrogen (secondary N) is 3. The second kappa shape index (κ2) is 8.92. The molecule has 0 aliphatic carbocycles. The molecule has 0 saturated carbocycles. The number of quaternary nitrogens is 1. The molecular formula is C19H26N3O6+. The molecule has 9 heteroatoms. The highest BCUT2D eigenvalue weighted by Gasteiger charge is 2.37. The molecule has 0 radical (unpaired) electrons. The minimum absolute atomic E-state index is 0.0919. The lowest BCUT2D eigenvalue weighted by Crippen LogP contribution is -3.13. The smallest absolute Gasteiger partial charge is 0.338 e. The molecule has 1 aromatic rings. The number of likely N-dealkylation sites (tertiary alicyclic amines) is 1. The molecule has 1 atom stereocenters. The number of hydrogen-bond acceptors (Lipinski definition) is 6. The van der Waals surface area contributed by atoms with Gasteiger partial charge in [-0.15, -0.1) is 0 Å². The van der Waals surface area contributed by atoms with Crippen molar-refractivity contribution in [3.63, 3.8) is 0 Å². The largest absolute Gasteiger partial charge is 0.469 e. The van der Waals surface area contributed by atoms with Gasteiger partial charge >= 0.3 is 18.0 Å². The second-order valence-corrected chi connectivity index (χ2v) is 6.88. The molecule has 1 aromatic heterocycles. The lowest BCUT2D eigenvalue weighted by molar-refractivity contribution is -0.901. The minimum atomic E-state index is -0.704. The van der Waals surface area contributed by atoms with E-state index >= 15 is 0 Å². The number of hydrogen-bond donors (Lipinski definition) is 3. The summed E-state index contributed by atoms with van der Waals surface area (Å²) in [6, 6.07) is 2.31. The van der Waals surface area contributed by atoms with Crippen LogP contribution in [0.3, 0.4) is 0 Å². The van der Waals surface area contributed by atoms with Gasteiger partial charge in [0.15, 0.2) is 0 Å². The van der Waals surface area contributed by atoms with Crippen molar-refractivity contribution in [3.8, 4) is 0 Å². The first kappa shape index (κ1) is 19.9. The molecule has 1 fully saturated rings. The van der Waals surface area contributed by atoms with E-state index in [0.717, 1.165) is 13.1 Å². The zero-order valence-electron chi connectivity index (χ0n) is 16.1. The highest BCUT2D eigenvalue weighted by Crippen LogP contribution is 2.27. The maximum absolute atomic E-state index is 12.7. The van der Waals surface area contributed by atoms with Crippen LogP contribution in [0.1, 0.15) is 31.6 Å². The minimum Gasteiger partial charge on any atom is -0.469 e. The Hall–Kier alpha value is -2.81. The molecule has 152 valence electrons. The molecule has 3 heterocycles. The van der Waals surface area contributed by atoms with Crippen LogP contribution in [0.4, 0.5) is 4.79 Å². The van der Waals surface area contributed by atoms with Gasteiger partial charge in [0, 0.05) is 12.8 Å². The van der Waals surface area contributed by atoms with Crippen LogP contribution < -0.4 is 15.5 Å². The monoisotopic (exact) mass is 392 g/mol. The van der Waals surface area contributed by atoms with Crippen molar-refractivity contribution in [1.29, 1.82) is 0 Å². The summed E-state index contributed by atoms with van der Waals surface area (Å²) in [7, 11) is 1.40. The van der Waals surface area contributed by atoms with Crippen LogP contribution in [0.5, 0.6) is 0 Å². The predicted molar refractivity (Wildman–Crippen MR) is 97.1 cm³/mol. The number of carbonyl (C=O) groups is 3. The molecule has 2 aliphatic heterocycles. The number of piperidine rings is 1. The quantitative estimate of drug-likeness (QED) is 0.584. The number of carbonyl (C=O) groups excluding carboxylic acids is 3. The van der Waals surface area contributed by atoms with Crippen molar-refractivity contribution < 1.29 is 33.2 Å². The van der Waals surface area contributed by atoms with Gasteiger partial charge in [-0.1, -0.05) is 0 Å². The van der Waals surface area contributed by atoms with E-state index in [1.807, 2.05) is 0 Å². The van der Waals surface area contributed by atoms with Gasteiger partial charge in [-0.25, -0.2) is 9.59 Å². The lowest BCUT2D eigenvalue weighted by atomic mass is 9.95. The molecule has 0 aromatic carbocycles. The molecule has 0 spiro atoms. The molecule has 0 bridgehead atoms. The van der Waals surface area contributed by atoms with E-state index in [2.05, 4.69) is 10.6 Å². The number of amides is 2. The van der Waals surface area contributed by atoms with Gasteiger partial charge < -0.3 is 29.4 Å². The maximum atomic E-state index is 12.7. The summed E-state index contributed by atoms with van der Waals surface area (Å²) < 4.78 is 15.5. The Morgan fingerprint density at radius 2 is 2.07 bits per heavy atom. The fourth-order valence-corrected chi connectivity index (χ4v) is 3.73. The number of rotatable bonds is 6. The second-order valence-electron chi connectivity index (χ2n) is 6.88. The Balaban J connectivity index is 1.82. The Bertz CT molecular complexity index is 750. The molecule has 0 unspecified atom stereocenters. The van der Waals surface area contributed by atoms with Crippen LogP contribution in [-0.4, -0.2) is 51.3 Å². The van der Waals surface area contributed by atoms with Gasteiger partial charge in [-0.05, 0) is 19.1 Å². The van der Waals surface area contributed by atoms with E-state index in [1.165, 1.54) is 18.3 Å². The van der Waals surface area contributed by atoms with E-state index in [1.54, 1.807) is 19.1 Å². The van der Waals surface area contributed by atoms with Gasteiger partial charge in [0.1, 0.15) is 18.3 Å². The SMILES string of the molecule is CCOC(=O)C1=C(C[NH+]2CCC(C(=O)OC)CC2)NC(=O)N[C@H]1c1ccco1. The summed E-state index contributed by atoms with van der Waals surface area (Å²) >= 11 is 0. The van der Waals surface area contributed by atoms with E-state index in [0.29, 0.717) is 36.4 Å². The summed E-state index contributed by atoms with van der Waals surface area (Å²) in [5.41, 5.74) is 0.870. The molecule has 9 nitrogen and oxygen atoms in total.